The van der Waals surface area contributed by atoms with Crippen LogP contribution >= 0.6 is 0 Å². The molecule has 180 valence electrons. The number of aromatic nitrogens is 4. The van der Waals surface area contributed by atoms with Gasteiger partial charge >= 0.3 is 6.18 Å². The minimum absolute atomic E-state index is 0.0225. The molecule has 0 unspecified atom stereocenters. The van der Waals surface area contributed by atoms with Crippen molar-refractivity contribution in [1.29, 1.82) is 0 Å². The van der Waals surface area contributed by atoms with Crippen LogP contribution in [0.15, 0.2) is 43.0 Å². The number of nitrogens with one attached hydrogen (secondary N) is 1. The third kappa shape index (κ3) is 4.92. The maximum Gasteiger partial charge on any atom is 0.416 e. The molecule has 4 atom stereocenters. The van der Waals surface area contributed by atoms with Gasteiger partial charge in [-0.3, -0.25) is 9.48 Å². The summed E-state index contributed by atoms with van der Waals surface area (Å²) in [7, 11) is 0. The van der Waals surface area contributed by atoms with Crippen molar-refractivity contribution < 1.29 is 32.6 Å². The lowest BCUT2D eigenvalue weighted by Crippen LogP contribution is -2.35. The zero-order valence-electron chi connectivity index (χ0n) is 17.9. The number of benzene rings is 1. The second-order valence-electron chi connectivity index (χ2n) is 8.30. The van der Waals surface area contributed by atoms with Gasteiger partial charge in [-0.1, -0.05) is 6.92 Å². The Kier molecular flexibility index (Phi) is 6.36. The molecule has 1 fully saturated rings. The van der Waals surface area contributed by atoms with Crippen LogP contribution < -0.4 is 5.32 Å². The first-order chi connectivity index (χ1) is 16.0. The molecule has 0 amide bonds. The first-order valence-electron chi connectivity index (χ1n) is 10.4. The van der Waals surface area contributed by atoms with Gasteiger partial charge in [0.25, 0.3) is 0 Å². The van der Waals surface area contributed by atoms with Crippen LogP contribution in [0.2, 0.25) is 0 Å². The van der Waals surface area contributed by atoms with Crippen molar-refractivity contribution in [2.75, 3.05) is 5.32 Å². The van der Waals surface area contributed by atoms with Crippen molar-refractivity contribution in [1.82, 2.24) is 19.7 Å². The van der Waals surface area contributed by atoms with E-state index in [9.17, 15) is 32.6 Å². The van der Waals surface area contributed by atoms with E-state index in [-0.39, 0.29) is 35.1 Å². The molecule has 1 aromatic carbocycles. The average Bonchev–Trinajstić information content (AvgIpc) is 3.33. The quantitative estimate of drug-likeness (QED) is 0.368. The molecule has 0 radical (unpaired) electrons. The van der Waals surface area contributed by atoms with Gasteiger partial charge in [0.1, 0.15) is 29.8 Å². The van der Waals surface area contributed by atoms with Crippen molar-refractivity contribution in [2.45, 2.75) is 44.3 Å². The van der Waals surface area contributed by atoms with Gasteiger partial charge in [0.15, 0.2) is 0 Å². The number of carbonyl (C=O) groups excluding carboxylic acids is 1. The van der Waals surface area contributed by atoms with E-state index in [1.54, 1.807) is 6.92 Å². The number of rotatable bonds is 6. The number of halogens is 4. The number of anilines is 1. The van der Waals surface area contributed by atoms with Gasteiger partial charge in [-0.05, 0) is 42.2 Å². The minimum Gasteiger partial charge on any atom is -0.390 e. The summed E-state index contributed by atoms with van der Waals surface area (Å²) >= 11 is 0. The fourth-order valence-corrected chi connectivity index (χ4v) is 3.99. The number of carbonyl (C=O) groups is 1. The van der Waals surface area contributed by atoms with E-state index < -0.39 is 41.6 Å². The predicted molar refractivity (Wildman–Crippen MR) is 111 cm³/mol. The Bertz CT molecular complexity index is 1200. The standard InChI is InChI=1S/C22H21F4N5O3/c1-11-4-17(20(34)18(11)32)29-21-15(8-27-10-28-21)19(33)16-2-3-31(30-16)9-12-5-13(22(24,25)26)7-14(23)6-12/h2-3,5-8,10-11,17-18,20,32,34H,4,9H2,1H3,(H,27,28,29)/t11-,17-,18-,20+/m1/s1. The molecule has 3 aromatic rings. The summed E-state index contributed by atoms with van der Waals surface area (Å²) in [5, 5.41) is 27.3. The van der Waals surface area contributed by atoms with Crippen LogP contribution in [-0.2, 0) is 12.7 Å². The second kappa shape index (κ2) is 9.11. The molecule has 0 spiro atoms. The Labute approximate surface area is 191 Å². The summed E-state index contributed by atoms with van der Waals surface area (Å²) in [5.74, 6) is -1.58. The van der Waals surface area contributed by atoms with Gasteiger partial charge in [-0.25, -0.2) is 14.4 Å². The topological polar surface area (TPSA) is 113 Å². The summed E-state index contributed by atoms with van der Waals surface area (Å²) in [5.41, 5.74) is -1.04. The molecule has 0 saturated heterocycles. The highest BCUT2D eigenvalue weighted by atomic mass is 19.4. The van der Waals surface area contributed by atoms with Crippen molar-refractivity contribution in [3.8, 4) is 0 Å². The van der Waals surface area contributed by atoms with Gasteiger partial charge in [-0.15, -0.1) is 0 Å². The lowest BCUT2D eigenvalue weighted by Gasteiger charge is -2.19. The molecule has 8 nitrogen and oxygen atoms in total. The Hall–Kier alpha value is -3.38. The van der Waals surface area contributed by atoms with E-state index in [4.69, 9.17) is 0 Å². The van der Waals surface area contributed by atoms with Crippen LogP contribution in [-0.4, -0.2) is 54.0 Å². The molecule has 2 heterocycles. The molecule has 1 saturated carbocycles. The molecule has 12 heteroatoms. The summed E-state index contributed by atoms with van der Waals surface area (Å²) in [6, 6.07) is 3.04. The smallest absolute Gasteiger partial charge is 0.390 e. The predicted octanol–water partition coefficient (Wildman–Crippen LogP) is 2.65. The van der Waals surface area contributed by atoms with Crippen molar-refractivity contribution in [3.05, 3.63) is 71.2 Å². The minimum atomic E-state index is -4.69. The third-order valence-electron chi connectivity index (χ3n) is 5.75. The third-order valence-corrected chi connectivity index (χ3v) is 5.75. The van der Waals surface area contributed by atoms with Crippen LogP contribution in [0, 0.1) is 11.7 Å². The van der Waals surface area contributed by atoms with E-state index in [1.165, 1.54) is 29.5 Å². The molecule has 34 heavy (non-hydrogen) atoms. The molecule has 2 aromatic heterocycles. The summed E-state index contributed by atoms with van der Waals surface area (Å²) in [4.78, 5) is 21.0. The number of aliphatic hydroxyl groups is 2. The number of nitrogens with zero attached hydrogens (tertiary/aromatic N) is 4. The SMILES string of the molecule is C[C@@H]1C[C@@H](Nc2ncncc2C(=O)c2ccn(Cc3cc(F)cc(C(F)(F)F)c3)n2)[C@H](O)[C@@H]1O. The second-order valence-corrected chi connectivity index (χ2v) is 8.30. The van der Waals surface area contributed by atoms with E-state index in [0.29, 0.717) is 12.5 Å². The van der Waals surface area contributed by atoms with E-state index in [2.05, 4.69) is 20.4 Å². The molecule has 1 aliphatic carbocycles. The largest absolute Gasteiger partial charge is 0.416 e. The lowest BCUT2D eigenvalue weighted by molar-refractivity contribution is -0.137. The van der Waals surface area contributed by atoms with Gasteiger partial charge in [0, 0.05) is 12.4 Å². The first kappa shape index (κ1) is 23.8. The molecule has 4 rings (SSSR count). The molecule has 1 aliphatic rings. The van der Waals surface area contributed by atoms with Gasteiger partial charge in [0.2, 0.25) is 5.78 Å². The number of aliphatic hydroxyl groups excluding tert-OH is 2. The summed E-state index contributed by atoms with van der Waals surface area (Å²) in [6.45, 7) is 1.61. The Morgan fingerprint density at radius 3 is 2.68 bits per heavy atom. The normalized spacial score (nSPS) is 22.7. The Balaban J connectivity index is 1.53. The number of ketones is 1. The Morgan fingerprint density at radius 2 is 2.00 bits per heavy atom. The van der Waals surface area contributed by atoms with Gasteiger partial charge in [-0.2, -0.15) is 18.3 Å². The van der Waals surface area contributed by atoms with Crippen molar-refractivity contribution in [2.24, 2.45) is 5.92 Å². The average molecular weight is 479 g/mol. The zero-order chi connectivity index (χ0) is 24.6. The molecule has 3 N–H and O–H groups in total. The monoisotopic (exact) mass is 479 g/mol. The van der Waals surface area contributed by atoms with Gasteiger partial charge in [0.05, 0.1) is 29.8 Å². The molecular formula is C22H21F4N5O3. The maximum absolute atomic E-state index is 13.7. The first-order valence-corrected chi connectivity index (χ1v) is 10.4. The van der Waals surface area contributed by atoms with Gasteiger partial charge < -0.3 is 15.5 Å². The molecule has 0 bridgehead atoms. The highest BCUT2D eigenvalue weighted by Gasteiger charge is 2.39. The molecular weight excluding hydrogens is 458 g/mol. The van der Waals surface area contributed by atoms with Crippen LogP contribution in [0.5, 0.6) is 0 Å². The van der Waals surface area contributed by atoms with E-state index in [1.807, 2.05) is 0 Å². The van der Waals surface area contributed by atoms with Crippen LogP contribution in [0.1, 0.15) is 40.5 Å². The lowest BCUT2D eigenvalue weighted by atomic mass is 10.1. The van der Waals surface area contributed by atoms with Crippen LogP contribution in [0.3, 0.4) is 0 Å². The highest BCUT2D eigenvalue weighted by Crippen LogP contribution is 2.31. The highest BCUT2D eigenvalue weighted by molar-refractivity contribution is 6.10. The van der Waals surface area contributed by atoms with Crippen molar-refractivity contribution >= 4 is 11.6 Å². The fraction of sp³-hybridized carbons (Fsp3) is 0.364. The zero-order valence-corrected chi connectivity index (χ0v) is 17.9. The number of hydrogen-bond acceptors (Lipinski definition) is 7. The number of alkyl halides is 3. The summed E-state index contributed by atoms with van der Waals surface area (Å²) in [6.07, 6.45) is -2.29. The number of hydrogen-bond donors (Lipinski definition) is 3. The molecule has 0 aliphatic heterocycles. The van der Waals surface area contributed by atoms with Crippen molar-refractivity contribution in [3.63, 3.8) is 0 Å². The van der Waals surface area contributed by atoms with E-state index in [0.717, 1.165) is 12.1 Å². The van der Waals surface area contributed by atoms with Crippen LogP contribution in [0.25, 0.3) is 0 Å². The van der Waals surface area contributed by atoms with Crippen LogP contribution in [0.4, 0.5) is 23.4 Å². The maximum atomic E-state index is 13.7. The summed E-state index contributed by atoms with van der Waals surface area (Å²) < 4.78 is 53.7. The Morgan fingerprint density at radius 1 is 1.24 bits per heavy atom. The van der Waals surface area contributed by atoms with E-state index >= 15 is 0 Å². The fourth-order valence-electron chi connectivity index (χ4n) is 3.99.